The van der Waals surface area contributed by atoms with Crippen LogP contribution in [0.3, 0.4) is 0 Å². The van der Waals surface area contributed by atoms with Crippen molar-refractivity contribution in [3.8, 4) is 6.07 Å². The van der Waals surface area contributed by atoms with Crippen molar-refractivity contribution < 1.29 is 18.8 Å². The predicted octanol–water partition coefficient (Wildman–Crippen LogP) is 3.21. The number of amides is 2. The van der Waals surface area contributed by atoms with Crippen molar-refractivity contribution >= 4 is 40.2 Å². The van der Waals surface area contributed by atoms with Gasteiger partial charge in [0.2, 0.25) is 11.8 Å². The Kier molecular flexibility index (Phi) is 5.77. The summed E-state index contributed by atoms with van der Waals surface area (Å²) >= 11 is 5.82. The molecule has 1 aliphatic heterocycles. The first-order chi connectivity index (χ1) is 16.8. The number of carbonyl (C=O) groups excluding carboxylic acids is 3. The quantitative estimate of drug-likeness (QED) is 0.530. The normalized spacial score (nSPS) is 20.4. The fourth-order valence-corrected chi connectivity index (χ4v) is 5.08. The van der Waals surface area contributed by atoms with Crippen molar-refractivity contribution in [2.75, 3.05) is 0 Å². The van der Waals surface area contributed by atoms with Crippen LogP contribution in [0.25, 0.3) is 11.0 Å². The minimum absolute atomic E-state index is 0.0158. The van der Waals surface area contributed by atoms with Gasteiger partial charge in [-0.05, 0) is 43.9 Å². The van der Waals surface area contributed by atoms with Gasteiger partial charge in [0.1, 0.15) is 35.8 Å². The van der Waals surface area contributed by atoms with E-state index in [-0.39, 0.29) is 58.9 Å². The number of carbonyl (C=O) groups is 3. The third-order valence-corrected chi connectivity index (χ3v) is 6.99. The van der Waals surface area contributed by atoms with Crippen molar-refractivity contribution in [1.29, 1.82) is 5.26 Å². The second-order valence-corrected chi connectivity index (χ2v) is 9.36. The molecule has 8 nitrogen and oxygen atoms in total. The van der Waals surface area contributed by atoms with Crippen LogP contribution in [0.2, 0.25) is 5.02 Å². The SMILES string of the molecule is CC(=O)c1cn(CC(=O)N2[C@@H]3C[C@@H]3C[C@H]2C(=O)NCc2cccc(Cl)c2F)c2nc(C#N)ccc12. The molecule has 5 rings (SSSR count). The number of Topliss-reactive ketones (excluding diaryl/α,β-unsaturated/α-hetero) is 1. The molecule has 0 unspecified atom stereocenters. The van der Waals surface area contributed by atoms with Gasteiger partial charge in [-0.3, -0.25) is 14.4 Å². The summed E-state index contributed by atoms with van der Waals surface area (Å²) in [6.07, 6.45) is 2.94. The number of ketones is 1. The molecule has 2 fully saturated rings. The number of hydrogen-bond donors (Lipinski definition) is 1. The van der Waals surface area contributed by atoms with Gasteiger partial charge in [0.25, 0.3) is 0 Å². The van der Waals surface area contributed by atoms with Crippen LogP contribution in [0.1, 0.15) is 41.4 Å². The number of hydrogen-bond acceptors (Lipinski definition) is 5. The lowest BCUT2D eigenvalue weighted by Gasteiger charge is -2.27. The molecule has 10 heteroatoms. The summed E-state index contributed by atoms with van der Waals surface area (Å²) in [4.78, 5) is 44.4. The average molecular weight is 494 g/mol. The minimum atomic E-state index is -0.662. The summed E-state index contributed by atoms with van der Waals surface area (Å²) < 4.78 is 15.7. The number of benzene rings is 1. The highest BCUT2D eigenvalue weighted by Crippen LogP contribution is 2.48. The maximum absolute atomic E-state index is 14.2. The van der Waals surface area contributed by atoms with E-state index in [4.69, 9.17) is 11.6 Å². The molecular formula is C25H21ClFN5O3. The fraction of sp³-hybridized carbons (Fsp3) is 0.320. The topological polar surface area (TPSA) is 108 Å². The van der Waals surface area contributed by atoms with E-state index in [1.165, 1.54) is 19.1 Å². The van der Waals surface area contributed by atoms with E-state index in [2.05, 4.69) is 10.3 Å². The van der Waals surface area contributed by atoms with Gasteiger partial charge in [0.05, 0.1) is 5.02 Å². The Morgan fingerprint density at radius 2 is 2.06 bits per heavy atom. The second-order valence-electron chi connectivity index (χ2n) is 8.95. The molecule has 1 aromatic carbocycles. The summed E-state index contributed by atoms with van der Waals surface area (Å²) in [6.45, 7) is 1.27. The smallest absolute Gasteiger partial charge is 0.243 e. The summed E-state index contributed by atoms with van der Waals surface area (Å²) in [7, 11) is 0. The lowest BCUT2D eigenvalue weighted by Crippen LogP contribution is -2.48. The van der Waals surface area contributed by atoms with Crippen LogP contribution in [0, 0.1) is 23.1 Å². The summed E-state index contributed by atoms with van der Waals surface area (Å²) in [6, 6.07) is 9.06. The Bertz CT molecular complexity index is 1430. The number of nitrogens with one attached hydrogen (secondary N) is 1. The summed E-state index contributed by atoms with van der Waals surface area (Å²) in [5, 5.41) is 12.5. The Morgan fingerprint density at radius 1 is 1.26 bits per heavy atom. The predicted molar refractivity (Wildman–Crippen MR) is 125 cm³/mol. The molecule has 0 radical (unpaired) electrons. The Morgan fingerprint density at radius 3 is 2.80 bits per heavy atom. The van der Waals surface area contributed by atoms with Crippen LogP contribution >= 0.6 is 11.6 Å². The first-order valence-corrected chi connectivity index (χ1v) is 11.6. The van der Waals surface area contributed by atoms with E-state index in [0.717, 1.165) is 6.42 Å². The van der Waals surface area contributed by atoms with E-state index in [0.29, 0.717) is 23.0 Å². The minimum Gasteiger partial charge on any atom is -0.350 e. The first-order valence-electron chi connectivity index (χ1n) is 11.2. The van der Waals surface area contributed by atoms with Crippen LogP contribution in [-0.2, 0) is 22.7 Å². The standard InChI is InChI=1S/C25H21ClFN5O3/c1-13(33)18-11-31(24-17(18)6-5-16(9-28)30-24)12-22(34)32-20-7-15(20)8-21(32)25(35)29-10-14-3-2-4-19(26)23(14)27/h2-6,11,15,20-21H,7-8,10,12H2,1H3,(H,29,35)/t15-,20-,21+/m1/s1. The van der Waals surface area contributed by atoms with E-state index < -0.39 is 11.9 Å². The number of pyridine rings is 1. The van der Waals surface area contributed by atoms with Gasteiger partial charge >= 0.3 is 0 Å². The number of rotatable bonds is 6. The number of halogens is 2. The highest BCUT2D eigenvalue weighted by atomic mass is 35.5. The number of likely N-dealkylation sites (tertiary alicyclic amines) is 1. The third kappa shape index (κ3) is 4.15. The van der Waals surface area contributed by atoms with Gasteiger partial charge in [0, 0.05) is 35.3 Å². The van der Waals surface area contributed by atoms with Crippen LogP contribution in [0.4, 0.5) is 4.39 Å². The molecule has 178 valence electrons. The summed E-state index contributed by atoms with van der Waals surface area (Å²) in [5.41, 5.74) is 1.22. The third-order valence-electron chi connectivity index (χ3n) is 6.70. The summed E-state index contributed by atoms with van der Waals surface area (Å²) in [5.74, 6) is -1.13. The zero-order valence-electron chi connectivity index (χ0n) is 18.8. The molecule has 3 atom stereocenters. The number of nitriles is 1. The van der Waals surface area contributed by atoms with Crippen molar-refractivity contribution in [2.45, 2.75) is 44.9 Å². The molecular weight excluding hydrogens is 473 g/mol. The van der Waals surface area contributed by atoms with E-state index >= 15 is 0 Å². The second kappa shape index (κ2) is 8.78. The van der Waals surface area contributed by atoms with Gasteiger partial charge in [-0.1, -0.05) is 23.7 Å². The zero-order chi connectivity index (χ0) is 24.9. The van der Waals surface area contributed by atoms with Crippen LogP contribution in [0.5, 0.6) is 0 Å². The first kappa shape index (κ1) is 23.0. The molecule has 1 aliphatic carbocycles. The Hall–Kier alpha value is -3.77. The Balaban J connectivity index is 1.36. The van der Waals surface area contributed by atoms with Gasteiger partial charge in [-0.2, -0.15) is 5.26 Å². The maximum Gasteiger partial charge on any atom is 0.243 e. The Labute approximate surface area is 205 Å². The molecule has 0 bridgehead atoms. The van der Waals surface area contributed by atoms with E-state index in [1.807, 2.05) is 6.07 Å². The van der Waals surface area contributed by atoms with Gasteiger partial charge < -0.3 is 14.8 Å². The number of aromatic nitrogens is 2. The van der Waals surface area contributed by atoms with E-state index in [9.17, 15) is 24.0 Å². The van der Waals surface area contributed by atoms with Crippen molar-refractivity contribution in [3.63, 3.8) is 0 Å². The van der Waals surface area contributed by atoms with Gasteiger partial charge in [-0.25, -0.2) is 9.37 Å². The van der Waals surface area contributed by atoms with Crippen molar-refractivity contribution in [2.24, 2.45) is 5.92 Å². The molecule has 1 saturated carbocycles. The largest absolute Gasteiger partial charge is 0.350 e. The van der Waals surface area contributed by atoms with Crippen LogP contribution in [-0.4, -0.2) is 44.1 Å². The molecule has 2 aromatic heterocycles. The van der Waals surface area contributed by atoms with Gasteiger partial charge in [0.15, 0.2) is 5.78 Å². The molecule has 3 heterocycles. The molecule has 2 aliphatic rings. The number of nitrogens with zero attached hydrogens (tertiary/aromatic N) is 4. The highest BCUT2D eigenvalue weighted by molar-refractivity contribution is 6.30. The fourth-order valence-electron chi connectivity index (χ4n) is 4.89. The highest BCUT2D eigenvalue weighted by Gasteiger charge is 2.55. The van der Waals surface area contributed by atoms with E-state index in [1.54, 1.807) is 33.9 Å². The van der Waals surface area contributed by atoms with Crippen molar-refractivity contribution in [1.82, 2.24) is 19.8 Å². The molecule has 2 amide bonds. The maximum atomic E-state index is 14.2. The zero-order valence-corrected chi connectivity index (χ0v) is 19.6. The molecule has 0 spiro atoms. The molecule has 3 aromatic rings. The van der Waals surface area contributed by atoms with Crippen molar-refractivity contribution in [3.05, 3.63) is 64.2 Å². The lowest BCUT2D eigenvalue weighted by molar-refractivity contribution is -0.140. The van der Waals surface area contributed by atoms with Gasteiger partial charge in [-0.15, -0.1) is 0 Å². The number of piperidine rings is 1. The monoisotopic (exact) mass is 493 g/mol. The molecule has 1 N–H and O–H groups in total. The molecule has 1 saturated heterocycles. The van der Waals surface area contributed by atoms with Crippen LogP contribution < -0.4 is 5.32 Å². The number of fused-ring (bicyclic) bond motifs is 2. The average Bonchev–Trinajstić information content (AvgIpc) is 3.35. The van der Waals surface area contributed by atoms with Crippen LogP contribution in [0.15, 0.2) is 36.5 Å². The lowest BCUT2D eigenvalue weighted by atomic mass is 10.1. The molecule has 35 heavy (non-hydrogen) atoms.